The molecule has 9 nitrogen and oxygen atoms in total. The molecule has 9 aromatic heterocycles. The summed E-state index contributed by atoms with van der Waals surface area (Å²) in [4.78, 5) is 0. The van der Waals surface area contributed by atoms with Crippen molar-refractivity contribution < 1.29 is 13.3 Å². The van der Waals surface area contributed by atoms with Crippen LogP contribution in [0.25, 0.3) is 264 Å². The predicted octanol–water partition coefficient (Wildman–Crippen LogP) is 36.0. The van der Waals surface area contributed by atoms with Crippen molar-refractivity contribution in [3.8, 4) is 67.5 Å². The summed E-state index contributed by atoms with van der Waals surface area (Å²) >= 11 is 0. The molecule has 0 aliphatic carbocycles. The highest BCUT2D eigenvalue weighted by Crippen LogP contribution is 2.47. The highest BCUT2D eigenvalue weighted by Gasteiger charge is 2.28. The highest BCUT2D eigenvalue weighted by atomic mass is 28.3. The Hall–Kier alpha value is -17.5. The van der Waals surface area contributed by atoms with E-state index in [1.165, 1.54) is 191 Å². The monoisotopic (exact) mass is 1940 g/mol. The second kappa shape index (κ2) is 33.5. The van der Waals surface area contributed by atoms with Crippen molar-refractivity contribution in [1.82, 2.24) is 27.4 Å². The number of rotatable bonds is 12. The van der Waals surface area contributed by atoms with E-state index in [1.807, 2.05) is 30.3 Å². The number of aromatic nitrogens is 6. The van der Waals surface area contributed by atoms with E-state index in [4.69, 9.17) is 13.3 Å². The summed E-state index contributed by atoms with van der Waals surface area (Å²) in [7, 11) is -4.16. The van der Waals surface area contributed by atoms with Crippen molar-refractivity contribution in [1.29, 1.82) is 0 Å². The quantitative estimate of drug-likeness (QED) is 0.114. The van der Waals surface area contributed by atoms with E-state index in [-0.39, 0.29) is 0 Å². The summed E-state index contributed by atoms with van der Waals surface area (Å²) in [6, 6.07) is 166. The van der Waals surface area contributed by atoms with Crippen LogP contribution in [-0.4, -0.2) is 51.6 Å². The molecule has 0 aliphatic rings. The average molecular weight is 1940 g/mol. The van der Waals surface area contributed by atoms with Gasteiger partial charge in [-0.15, -0.1) is 0 Å². The van der Waals surface area contributed by atoms with Crippen LogP contribution in [-0.2, 0) is 0 Å². The number of fused-ring (bicyclic) bond motifs is 27. The molecule has 0 bridgehead atoms. The Morgan fingerprint density at radius 1 is 0.143 bits per heavy atom. The summed E-state index contributed by atoms with van der Waals surface area (Å²) < 4.78 is 33.5. The highest BCUT2D eigenvalue weighted by molar-refractivity contribution is 6.89. The first kappa shape index (κ1) is 87.3. The van der Waals surface area contributed by atoms with Crippen molar-refractivity contribution in [2.45, 2.75) is 58.9 Å². The van der Waals surface area contributed by atoms with E-state index < -0.39 is 24.2 Å². The molecule has 30 rings (SSSR count). The van der Waals surface area contributed by atoms with E-state index >= 15 is 0 Å². The summed E-state index contributed by atoms with van der Waals surface area (Å²) in [5.74, 6) is 0. The normalized spacial score (nSPS) is 12.4. The molecule has 147 heavy (non-hydrogen) atoms. The first-order chi connectivity index (χ1) is 71.8. The minimum absolute atomic E-state index is 0.901. The molecule has 702 valence electrons. The number of furan rings is 3. The number of benzene rings is 21. The Morgan fingerprint density at radius 2 is 0.388 bits per heavy atom. The fraction of sp³-hybridized carbons (Fsp3) is 0.0667. The Labute approximate surface area is 852 Å². The number of para-hydroxylation sites is 10. The zero-order valence-electron chi connectivity index (χ0n) is 83.2. The summed E-state index contributed by atoms with van der Waals surface area (Å²) in [5, 5.41) is 26.3. The smallest absolute Gasteiger partial charge is 0.159 e. The third-order valence-corrected chi connectivity index (χ3v) is 37.1. The van der Waals surface area contributed by atoms with Gasteiger partial charge in [0.15, 0.2) is 5.58 Å². The molecule has 30 aromatic rings. The van der Waals surface area contributed by atoms with Gasteiger partial charge in [0.2, 0.25) is 0 Å². The summed E-state index contributed by atoms with van der Waals surface area (Å²) in [5.41, 5.74) is 34.0. The van der Waals surface area contributed by atoms with Gasteiger partial charge in [0, 0.05) is 131 Å². The fourth-order valence-electron chi connectivity index (χ4n) is 23.5. The predicted molar refractivity (Wildman–Crippen MR) is 632 cm³/mol. The lowest BCUT2D eigenvalue weighted by Crippen LogP contribution is -2.37. The van der Waals surface area contributed by atoms with Gasteiger partial charge in [0.25, 0.3) is 0 Å². The van der Waals surface area contributed by atoms with E-state index in [2.05, 4.69) is 511 Å². The second-order valence-corrected chi connectivity index (χ2v) is 57.9. The van der Waals surface area contributed by atoms with Gasteiger partial charge in [-0.2, -0.15) is 0 Å². The van der Waals surface area contributed by atoms with Crippen molar-refractivity contribution in [2.75, 3.05) is 0 Å². The van der Waals surface area contributed by atoms with Crippen LogP contribution in [0.3, 0.4) is 0 Å². The average Bonchev–Trinajstić information content (AvgIpc) is 1.58. The van der Waals surface area contributed by atoms with Crippen LogP contribution >= 0.6 is 0 Å². The molecular weight excluding hydrogens is 1840 g/mol. The number of hydrogen-bond acceptors (Lipinski definition) is 3. The fourth-order valence-corrected chi connectivity index (χ4v) is 27.0. The van der Waals surface area contributed by atoms with E-state index in [9.17, 15) is 0 Å². The standard InChI is InChI=1S/3C45H34N2OSi/c1-49(2,3)32-23-21-31(22-24-32)46-39-15-7-5-12-34(39)38-27-29(20-26-41(38)46)30-19-25-35-33-11-4-8-16-40(33)47(43(35)28-30)42-17-10-14-37-36-13-6-9-18-44(36)48-45(37)42;1-49(2,3)33-21-18-31(19-22-33)46-41-14-8-5-11-35(41)39-26-29(17-25-42(39)46)30-16-23-36-34-10-4-7-13-40(34)47(43(36)27-30)32-20-24-38-37-12-6-9-15-44(37)48-45(38)28-32;1-49(2,3)33-21-18-31(19-22-33)46-41-14-8-5-11-35(41)38-26-29(17-24-42(38)46)30-16-23-36-34-10-4-7-13-40(34)47(43(36)27-30)32-20-25-45-39(28-32)37-12-6-9-15-44(37)48-45/h3*4-28H,1-3H3. The van der Waals surface area contributed by atoms with Gasteiger partial charge in [0.05, 0.1) is 96.1 Å². The molecular formula is C135H102N6O3Si3. The first-order valence-electron chi connectivity index (χ1n) is 51.1. The molecule has 0 atom stereocenters. The zero-order valence-corrected chi connectivity index (χ0v) is 86.2. The van der Waals surface area contributed by atoms with Crippen LogP contribution in [0.4, 0.5) is 0 Å². The van der Waals surface area contributed by atoms with E-state index in [0.717, 1.165) is 88.4 Å². The van der Waals surface area contributed by atoms with Gasteiger partial charge in [-0.3, -0.25) is 0 Å². The summed E-state index contributed by atoms with van der Waals surface area (Å²) in [6.07, 6.45) is 0. The largest absolute Gasteiger partial charge is 0.456 e. The molecule has 0 saturated heterocycles. The number of hydrogen-bond donors (Lipinski definition) is 0. The third kappa shape index (κ3) is 14.3. The van der Waals surface area contributed by atoms with Crippen molar-refractivity contribution in [3.63, 3.8) is 0 Å². The minimum Gasteiger partial charge on any atom is -0.456 e. The van der Waals surface area contributed by atoms with Crippen LogP contribution in [0.2, 0.25) is 58.9 Å². The Morgan fingerprint density at radius 3 is 0.776 bits per heavy atom. The Kier molecular flexibility index (Phi) is 19.9. The van der Waals surface area contributed by atoms with Crippen LogP contribution in [0.5, 0.6) is 0 Å². The zero-order chi connectivity index (χ0) is 98.6. The van der Waals surface area contributed by atoms with E-state index in [1.54, 1.807) is 0 Å². The maximum atomic E-state index is 6.55. The maximum absolute atomic E-state index is 6.55. The van der Waals surface area contributed by atoms with Gasteiger partial charge >= 0.3 is 0 Å². The third-order valence-electron chi connectivity index (χ3n) is 30.9. The van der Waals surface area contributed by atoms with Crippen LogP contribution in [0.1, 0.15) is 0 Å². The maximum Gasteiger partial charge on any atom is 0.159 e. The lowest BCUT2D eigenvalue weighted by atomic mass is 10.0. The van der Waals surface area contributed by atoms with Gasteiger partial charge < -0.3 is 40.7 Å². The van der Waals surface area contributed by atoms with Crippen molar-refractivity contribution >= 4 is 236 Å². The van der Waals surface area contributed by atoms with Gasteiger partial charge in [-0.05, 0) is 215 Å². The van der Waals surface area contributed by atoms with Crippen LogP contribution in [0, 0.1) is 0 Å². The molecule has 0 aliphatic heterocycles. The SMILES string of the molecule is C[Si](C)(C)c1ccc(-n2c3ccccc3c3cc(-c4ccc5c6ccccc6n(-c6ccc7c(c6)oc6ccccc67)c5c4)ccc32)cc1.C[Si](C)(C)c1ccc(-n2c3ccccc3c3cc(-c4ccc5c6ccccc6n(-c6ccc7oc8ccccc8c7c6)c5c4)ccc32)cc1.C[Si](C)(C)c1ccc(-n2c3ccccc3c3cc(-c4ccc5c6ccccc6n(-c6cccc7c6oc6ccccc67)c5c4)ccc32)cc1. The molecule has 0 saturated carbocycles. The lowest BCUT2D eigenvalue weighted by Gasteiger charge is -2.17. The molecule has 21 aromatic carbocycles. The Bertz CT molecular complexity index is 10600. The number of nitrogens with zero attached hydrogens (tertiary/aromatic N) is 6. The van der Waals surface area contributed by atoms with Gasteiger partial charge in [-0.25, -0.2) is 0 Å². The van der Waals surface area contributed by atoms with Crippen molar-refractivity contribution in [3.05, 3.63) is 455 Å². The van der Waals surface area contributed by atoms with Crippen LogP contribution in [0.15, 0.2) is 468 Å². The van der Waals surface area contributed by atoms with Crippen LogP contribution < -0.4 is 15.6 Å². The topological polar surface area (TPSA) is 69.0 Å². The summed E-state index contributed by atoms with van der Waals surface area (Å²) in [6.45, 7) is 21.6. The minimum atomic E-state index is -1.39. The molecule has 0 amide bonds. The second-order valence-electron chi connectivity index (χ2n) is 42.7. The molecule has 0 N–H and O–H groups in total. The molecule has 0 unspecified atom stereocenters. The van der Waals surface area contributed by atoms with Crippen molar-refractivity contribution in [2.24, 2.45) is 0 Å². The first-order valence-corrected chi connectivity index (χ1v) is 61.6. The molecule has 9 heterocycles. The molecule has 0 fully saturated rings. The van der Waals surface area contributed by atoms with Gasteiger partial charge in [-0.1, -0.05) is 341 Å². The lowest BCUT2D eigenvalue weighted by molar-refractivity contribution is 0.666. The molecule has 0 radical (unpaired) electrons. The van der Waals surface area contributed by atoms with Gasteiger partial charge in [0.1, 0.15) is 27.9 Å². The molecule has 0 spiro atoms. The Balaban J connectivity index is 0.000000107. The van der Waals surface area contributed by atoms with E-state index in [0.29, 0.717) is 0 Å². The molecule has 12 heteroatoms.